The Labute approximate surface area is 108 Å². The van der Waals surface area contributed by atoms with Gasteiger partial charge in [0, 0.05) is 11.1 Å². The van der Waals surface area contributed by atoms with E-state index in [1.165, 1.54) is 42.5 Å². The van der Waals surface area contributed by atoms with Crippen LogP contribution in [0.2, 0.25) is 0 Å². The maximum Gasteiger partial charge on any atom is 0.349 e. The molecule has 0 aliphatic carbocycles. The fraction of sp³-hybridized carbons (Fsp3) is 0.0714. The molecule has 0 radical (unpaired) electrons. The molecule has 0 amide bonds. The number of carboxylic acid groups (broad SMARTS) is 1. The van der Waals surface area contributed by atoms with E-state index >= 15 is 0 Å². The van der Waals surface area contributed by atoms with Crippen LogP contribution in [0.5, 0.6) is 0 Å². The third-order valence-electron chi connectivity index (χ3n) is 2.85. The molecule has 0 aliphatic rings. The van der Waals surface area contributed by atoms with Gasteiger partial charge in [0.2, 0.25) is 0 Å². The lowest BCUT2D eigenvalue weighted by atomic mass is 9.86. The average Bonchev–Trinajstić information content (AvgIpc) is 2.43. The topological polar surface area (TPSA) is 46.5 Å². The smallest absolute Gasteiger partial charge is 0.349 e. The Morgan fingerprint density at radius 1 is 1.05 bits per heavy atom. The zero-order valence-electron chi connectivity index (χ0n) is 9.72. The molecule has 5 heteroatoms. The number of halogens is 2. The van der Waals surface area contributed by atoms with E-state index in [4.69, 9.17) is 0 Å². The molecule has 98 valence electrons. The van der Waals surface area contributed by atoms with Crippen molar-refractivity contribution in [2.45, 2.75) is 5.60 Å². The van der Waals surface area contributed by atoms with Crippen molar-refractivity contribution in [3.8, 4) is 0 Å². The molecule has 0 fully saturated rings. The first-order valence-electron chi connectivity index (χ1n) is 5.46. The van der Waals surface area contributed by atoms with Crippen LogP contribution in [-0.2, 0) is 15.3 Å². The molecule has 0 aromatic heterocycles. The fourth-order valence-electron chi connectivity index (χ4n) is 1.93. The summed E-state index contributed by atoms with van der Waals surface area (Å²) < 4.78 is 26.9. The van der Waals surface area contributed by atoms with E-state index < -0.39 is 23.0 Å². The van der Waals surface area contributed by atoms with Crippen molar-refractivity contribution in [2.75, 3.05) is 0 Å². The Hall–Kier alpha value is -2.27. The van der Waals surface area contributed by atoms with Crippen LogP contribution in [0.15, 0.2) is 54.6 Å². The highest BCUT2D eigenvalue weighted by Crippen LogP contribution is 2.35. The molecule has 19 heavy (non-hydrogen) atoms. The van der Waals surface area contributed by atoms with E-state index in [0.717, 1.165) is 6.07 Å². The summed E-state index contributed by atoms with van der Waals surface area (Å²) in [4.78, 5) is 15.2. The molecule has 0 saturated carbocycles. The van der Waals surface area contributed by atoms with E-state index in [1.807, 2.05) is 0 Å². The number of rotatable bonds is 4. The van der Waals surface area contributed by atoms with Crippen molar-refractivity contribution < 1.29 is 23.8 Å². The van der Waals surface area contributed by atoms with Gasteiger partial charge in [0.05, 0.1) is 0 Å². The van der Waals surface area contributed by atoms with E-state index in [1.54, 1.807) is 6.07 Å². The van der Waals surface area contributed by atoms with Gasteiger partial charge in [0.15, 0.2) is 0 Å². The van der Waals surface area contributed by atoms with Crippen LogP contribution in [0, 0.1) is 5.82 Å². The number of aliphatic carboxylic acids is 1. The summed E-state index contributed by atoms with van der Waals surface area (Å²) in [6, 6.07) is 12.4. The van der Waals surface area contributed by atoms with Gasteiger partial charge in [-0.1, -0.05) is 48.5 Å². The second-order valence-electron chi connectivity index (χ2n) is 3.91. The second-order valence-corrected chi connectivity index (χ2v) is 3.91. The van der Waals surface area contributed by atoms with Crippen molar-refractivity contribution in [2.24, 2.45) is 0 Å². The number of hydrogen-bond acceptors (Lipinski definition) is 2. The monoisotopic (exact) mass is 264 g/mol. The number of carboxylic acids is 1. The number of benzene rings is 2. The number of hydrogen-bond donors (Lipinski definition) is 1. The van der Waals surface area contributed by atoms with Crippen LogP contribution in [0.25, 0.3) is 0 Å². The minimum absolute atomic E-state index is 0.00454. The molecule has 0 heterocycles. The molecular formula is C14H10F2O3. The molecule has 2 aromatic rings. The third-order valence-corrected chi connectivity index (χ3v) is 2.85. The zero-order chi connectivity index (χ0) is 13.9. The van der Waals surface area contributed by atoms with Crippen LogP contribution in [-0.4, -0.2) is 11.1 Å². The molecule has 1 N–H and O–H groups in total. The van der Waals surface area contributed by atoms with Gasteiger partial charge >= 0.3 is 5.97 Å². The van der Waals surface area contributed by atoms with Crippen LogP contribution in [0.4, 0.5) is 8.92 Å². The SMILES string of the molecule is O=C(O)C(OF)(c1ccccc1)c1ccccc1F. The van der Waals surface area contributed by atoms with Crippen LogP contribution in [0.3, 0.4) is 0 Å². The summed E-state index contributed by atoms with van der Waals surface area (Å²) in [5.41, 5.74) is -2.90. The Morgan fingerprint density at radius 3 is 2.16 bits per heavy atom. The predicted molar refractivity (Wildman–Crippen MR) is 63.5 cm³/mol. The molecule has 0 spiro atoms. The molecule has 2 aromatic carbocycles. The van der Waals surface area contributed by atoms with Gasteiger partial charge in [-0.05, 0) is 10.6 Å². The largest absolute Gasteiger partial charge is 0.478 e. The molecule has 3 nitrogen and oxygen atoms in total. The standard InChI is InChI=1S/C14H10F2O3/c15-12-9-5-4-8-11(12)14(19-16,13(17)18)10-6-2-1-3-7-10/h1-9H,(H,17,18). The van der Waals surface area contributed by atoms with Gasteiger partial charge in [-0.2, -0.15) is 4.94 Å². The van der Waals surface area contributed by atoms with Gasteiger partial charge < -0.3 is 5.11 Å². The first kappa shape index (κ1) is 13.2. The molecule has 2 rings (SSSR count). The third kappa shape index (κ3) is 2.08. The van der Waals surface area contributed by atoms with Gasteiger partial charge in [0.1, 0.15) is 5.82 Å². The highest BCUT2D eigenvalue weighted by molar-refractivity contribution is 5.84. The first-order valence-corrected chi connectivity index (χ1v) is 5.46. The highest BCUT2D eigenvalue weighted by atomic mass is 19.3. The summed E-state index contributed by atoms with van der Waals surface area (Å²) in [5, 5.41) is 9.32. The predicted octanol–water partition coefficient (Wildman–Crippen LogP) is 3.06. The van der Waals surface area contributed by atoms with Gasteiger partial charge in [-0.3, -0.25) is 0 Å². The summed E-state index contributed by atoms with van der Waals surface area (Å²) in [7, 11) is 0. The van der Waals surface area contributed by atoms with E-state index in [-0.39, 0.29) is 5.56 Å². The molecule has 0 aliphatic heterocycles. The second kappa shape index (κ2) is 5.16. The Kier molecular flexibility index (Phi) is 3.57. The summed E-state index contributed by atoms with van der Waals surface area (Å²) in [6.07, 6.45) is 0. The molecule has 0 saturated heterocycles. The Morgan fingerprint density at radius 2 is 1.63 bits per heavy atom. The van der Waals surface area contributed by atoms with Gasteiger partial charge in [0.25, 0.3) is 5.60 Å². The zero-order valence-corrected chi connectivity index (χ0v) is 9.72. The van der Waals surface area contributed by atoms with Gasteiger partial charge in [-0.15, -0.1) is 0 Å². The van der Waals surface area contributed by atoms with Crippen molar-refractivity contribution in [1.82, 2.24) is 0 Å². The minimum Gasteiger partial charge on any atom is -0.478 e. The van der Waals surface area contributed by atoms with Crippen molar-refractivity contribution in [1.29, 1.82) is 0 Å². The molecule has 0 bridgehead atoms. The Bertz CT molecular complexity index is 586. The maximum atomic E-state index is 13.8. The molecule has 1 unspecified atom stereocenters. The van der Waals surface area contributed by atoms with Crippen molar-refractivity contribution in [3.05, 3.63) is 71.5 Å². The summed E-state index contributed by atoms with van der Waals surface area (Å²) >= 11 is 0. The van der Waals surface area contributed by atoms with E-state index in [2.05, 4.69) is 4.94 Å². The molecular weight excluding hydrogens is 254 g/mol. The highest BCUT2D eigenvalue weighted by Gasteiger charge is 2.47. The lowest BCUT2D eigenvalue weighted by Crippen LogP contribution is -2.38. The van der Waals surface area contributed by atoms with Crippen molar-refractivity contribution in [3.63, 3.8) is 0 Å². The molecule has 1 atom stereocenters. The van der Waals surface area contributed by atoms with Crippen molar-refractivity contribution >= 4 is 5.97 Å². The fourth-order valence-corrected chi connectivity index (χ4v) is 1.93. The average molecular weight is 264 g/mol. The van der Waals surface area contributed by atoms with Crippen LogP contribution >= 0.6 is 0 Å². The summed E-state index contributed by atoms with van der Waals surface area (Å²) in [6.45, 7) is 0. The summed E-state index contributed by atoms with van der Waals surface area (Å²) in [5.74, 6) is -2.49. The first-order chi connectivity index (χ1) is 9.13. The quantitative estimate of drug-likeness (QED) is 0.923. The van der Waals surface area contributed by atoms with Crippen LogP contribution in [0.1, 0.15) is 11.1 Å². The van der Waals surface area contributed by atoms with E-state index in [0.29, 0.717) is 0 Å². The van der Waals surface area contributed by atoms with Crippen LogP contribution < -0.4 is 0 Å². The Balaban J connectivity index is 2.73. The lowest BCUT2D eigenvalue weighted by Gasteiger charge is -2.25. The normalized spacial score (nSPS) is 13.8. The van der Waals surface area contributed by atoms with Gasteiger partial charge in [-0.25, -0.2) is 9.18 Å². The lowest BCUT2D eigenvalue weighted by molar-refractivity contribution is -0.233. The number of carbonyl (C=O) groups is 1. The van der Waals surface area contributed by atoms with E-state index in [9.17, 15) is 18.8 Å². The maximum absolute atomic E-state index is 13.8. The minimum atomic E-state index is -2.51.